The van der Waals surface area contributed by atoms with Gasteiger partial charge in [0.1, 0.15) is 11.3 Å². The van der Waals surface area contributed by atoms with Crippen LogP contribution in [0.1, 0.15) is 50.4 Å². The standard InChI is InChI=1S/C55H74F4N8O12/c1-2-3-13-47-66-51-52(43-11-4-5-12-46(43)65-54(51)61)67(47)17-7-6-15-62-55(64-42-10-8-9-41(38-42)40-60)63-16-19-70-21-23-72-25-27-74-29-31-76-33-35-78-37-36-77-34-32-75-30-28-73-26-24-71-22-20-69-18-14-48(68)79-53-49(58)44(56)39-45(57)50(53)59/h4-5,8-12,38-39H,2-3,6-7,13-37H2,1H3,(H2,61,65)(H2,62,63,64). The van der Waals surface area contributed by atoms with E-state index in [1.165, 1.54) is 0 Å². The zero-order valence-electron chi connectivity index (χ0n) is 44.9. The first-order valence-corrected chi connectivity index (χ1v) is 26.6. The zero-order valence-corrected chi connectivity index (χ0v) is 44.9. The van der Waals surface area contributed by atoms with E-state index in [9.17, 15) is 27.6 Å². The van der Waals surface area contributed by atoms with Gasteiger partial charge in [-0.15, -0.1) is 0 Å². The van der Waals surface area contributed by atoms with Gasteiger partial charge in [0.2, 0.25) is 17.4 Å². The number of aromatic nitrogens is 3. The molecule has 0 saturated heterocycles. The number of guanidine groups is 1. The average molecular weight is 1120 g/mol. The number of halogens is 4. The Bertz CT molecular complexity index is 2600. The summed E-state index contributed by atoms with van der Waals surface area (Å²) in [7, 11) is 0. The van der Waals surface area contributed by atoms with Crippen molar-refractivity contribution in [2.75, 3.05) is 156 Å². The summed E-state index contributed by atoms with van der Waals surface area (Å²) in [4.78, 5) is 26.0. The molecule has 5 aromatic rings. The van der Waals surface area contributed by atoms with Gasteiger partial charge in [0, 0.05) is 36.7 Å². The summed E-state index contributed by atoms with van der Waals surface area (Å²) < 4.78 is 115. The number of nitrogen functional groups attached to an aromatic ring is 1. The quantitative estimate of drug-likeness (QED) is 0.00682. The number of hydrogen-bond donors (Lipinski definition) is 3. The third-order valence-corrected chi connectivity index (χ3v) is 11.4. The number of nitrogens with two attached hydrogens (primary N) is 1. The first-order chi connectivity index (χ1) is 38.7. The molecule has 434 valence electrons. The van der Waals surface area contributed by atoms with Gasteiger partial charge in [0.15, 0.2) is 23.4 Å². The second-order valence-electron chi connectivity index (χ2n) is 17.3. The molecule has 5 rings (SSSR count). The Labute approximate surface area is 458 Å². The van der Waals surface area contributed by atoms with Gasteiger partial charge < -0.3 is 73.0 Å². The predicted octanol–water partition coefficient (Wildman–Crippen LogP) is 6.94. The van der Waals surface area contributed by atoms with E-state index < -0.39 is 41.4 Å². The molecular formula is C55H74F4N8O12. The van der Waals surface area contributed by atoms with Crippen molar-refractivity contribution >= 4 is 45.4 Å². The molecule has 0 amide bonds. The largest absolute Gasteiger partial charge is 0.420 e. The van der Waals surface area contributed by atoms with E-state index in [0.717, 1.165) is 72.1 Å². The summed E-state index contributed by atoms with van der Waals surface area (Å²) in [5.74, 6) is -7.43. The fourth-order valence-electron chi connectivity index (χ4n) is 7.48. The Morgan fingerprint density at radius 2 is 1.19 bits per heavy atom. The number of ether oxygens (including phenoxy) is 11. The second kappa shape index (κ2) is 38.5. The van der Waals surface area contributed by atoms with E-state index in [0.29, 0.717) is 136 Å². The van der Waals surface area contributed by atoms with Crippen LogP contribution in [-0.2, 0) is 65.1 Å². The predicted molar refractivity (Wildman–Crippen MR) is 287 cm³/mol. The molecule has 2 heterocycles. The number of unbranched alkanes of at least 4 members (excludes halogenated alkanes) is 2. The fourth-order valence-corrected chi connectivity index (χ4v) is 7.48. The van der Waals surface area contributed by atoms with Gasteiger partial charge in [-0.25, -0.2) is 18.7 Å². The van der Waals surface area contributed by atoms with Crippen molar-refractivity contribution < 1.29 is 74.5 Å². The van der Waals surface area contributed by atoms with Crippen LogP contribution in [0.4, 0.5) is 29.1 Å². The molecule has 4 N–H and O–H groups in total. The van der Waals surface area contributed by atoms with E-state index in [2.05, 4.69) is 44.0 Å². The molecule has 2 aromatic heterocycles. The van der Waals surface area contributed by atoms with Crippen molar-refractivity contribution in [3.63, 3.8) is 0 Å². The molecule has 0 aliphatic rings. The number of pyridine rings is 1. The van der Waals surface area contributed by atoms with Gasteiger partial charge in [0.05, 0.1) is 168 Å². The number of nitrogens with one attached hydrogen (secondary N) is 2. The maximum Gasteiger partial charge on any atom is 0.313 e. The Morgan fingerprint density at radius 3 is 1.73 bits per heavy atom. The minimum atomic E-state index is -1.80. The van der Waals surface area contributed by atoms with Crippen LogP contribution in [0.3, 0.4) is 0 Å². The molecule has 3 aromatic carbocycles. The lowest BCUT2D eigenvalue weighted by Crippen LogP contribution is -2.32. The lowest BCUT2D eigenvalue weighted by Gasteiger charge is -2.14. The van der Waals surface area contributed by atoms with Crippen LogP contribution in [0.5, 0.6) is 5.75 Å². The summed E-state index contributed by atoms with van der Waals surface area (Å²) >= 11 is 0. The number of para-hydroxylation sites is 1. The number of imidazole rings is 1. The van der Waals surface area contributed by atoms with Crippen LogP contribution in [0, 0.1) is 34.6 Å². The van der Waals surface area contributed by atoms with Gasteiger partial charge in [-0.1, -0.05) is 37.6 Å². The molecule has 79 heavy (non-hydrogen) atoms. The molecule has 0 spiro atoms. The minimum absolute atomic E-state index is 0.0173. The molecule has 0 aliphatic carbocycles. The maximum absolute atomic E-state index is 13.6. The molecule has 20 nitrogen and oxygen atoms in total. The highest BCUT2D eigenvalue weighted by molar-refractivity contribution is 6.06. The Hall–Kier alpha value is -6.11. The number of esters is 1. The lowest BCUT2D eigenvalue weighted by atomic mass is 10.2. The minimum Gasteiger partial charge on any atom is -0.420 e. The number of aryl methyl sites for hydroxylation is 2. The van der Waals surface area contributed by atoms with Gasteiger partial charge in [-0.3, -0.25) is 9.79 Å². The molecule has 0 fully saturated rings. The topological polar surface area (TPSA) is 236 Å². The number of carbonyl (C=O) groups excluding carboxylic acids is 1. The van der Waals surface area contributed by atoms with Gasteiger partial charge in [0.25, 0.3) is 0 Å². The van der Waals surface area contributed by atoms with Crippen molar-refractivity contribution in [3.8, 4) is 11.8 Å². The lowest BCUT2D eigenvalue weighted by molar-refractivity contribution is -0.136. The Balaban J connectivity index is 0.783. The maximum atomic E-state index is 13.6. The summed E-state index contributed by atoms with van der Waals surface area (Å²) in [5, 5.41) is 17.3. The number of nitriles is 1. The number of anilines is 2. The SMILES string of the molecule is CCCCc1nc2c(N)nc3ccccc3c2n1CCCCN/C(=N/CCOCCOCCOCCOCCOCCOCCOCCOCCOCCOCCC(=O)Oc1c(F)c(F)cc(F)c1F)Nc1cccc(C#N)c1. The number of fused-ring (bicyclic) bond motifs is 3. The number of aliphatic imine (C=N–C) groups is 1. The second-order valence-corrected chi connectivity index (χ2v) is 17.3. The number of nitrogens with zero attached hydrogens (tertiary/aromatic N) is 5. The first kappa shape index (κ1) is 63.7. The number of carbonyl (C=O) groups is 1. The third-order valence-electron chi connectivity index (χ3n) is 11.4. The molecule has 0 aliphatic heterocycles. The van der Waals surface area contributed by atoms with Crippen molar-refractivity contribution in [3.05, 3.63) is 89.3 Å². The van der Waals surface area contributed by atoms with E-state index in [4.69, 9.17) is 63.1 Å². The Kier molecular flexibility index (Phi) is 31.0. The van der Waals surface area contributed by atoms with E-state index >= 15 is 0 Å². The molecule has 24 heteroatoms. The van der Waals surface area contributed by atoms with Crippen LogP contribution in [-0.4, -0.2) is 172 Å². The highest BCUT2D eigenvalue weighted by atomic mass is 19.2. The first-order valence-electron chi connectivity index (χ1n) is 26.6. The highest BCUT2D eigenvalue weighted by Gasteiger charge is 2.23. The summed E-state index contributed by atoms with van der Waals surface area (Å²) in [6.07, 6.45) is 4.36. The van der Waals surface area contributed by atoms with Crippen molar-refractivity contribution in [1.82, 2.24) is 19.9 Å². The van der Waals surface area contributed by atoms with Gasteiger partial charge in [-0.05, 0) is 43.5 Å². The van der Waals surface area contributed by atoms with Crippen LogP contribution >= 0.6 is 0 Å². The van der Waals surface area contributed by atoms with Crippen LogP contribution in [0.15, 0.2) is 59.6 Å². The van der Waals surface area contributed by atoms with Crippen molar-refractivity contribution in [1.29, 1.82) is 5.26 Å². The third kappa shape index (κ3) is 24.0. The molecule has 0 bridgehead atoms. The van der Waals surface area contributed by atoms with E-state index in [1.54, 1.807) is 12.1 Å². The van der Waals surface area contributed by atoms with Gasteiger partial charge in [-0.2, -0.15) is 14.0 Å². The average Bonchev–Trinajstić information content (AvgIpc) is 4.00. The van der Waals surface area contributed by atoms with Crippen LogP contribution in [0.2, 0.25) is 0 Å². The van der Waals surface area contributed by atoms with Gasteiger partial charge >= 0.3 is 5.97 Å². The molecule has 0 saturated carbocycles. The van der Waals surface area contributed by atoms with Crippen molar-refractivity contribution in [2.24, 2.45) is 4.99 Å². The zero-order chi connectivity index (χ0) is 56.1. The number of rotatable bonds is 43. The number of benzene rings is 3. The monoisotopic (exact) mass is 1110 g/mol. The molecular weight excluding hydrogens is 1040 g/mol. The van der Waals surface area contributed by atoms with Crippen molar-refractivity contribution in [2.45, 2.75) is 52.0 Å². The highest BCUT2D eigenvalue weighted by Crippen LogP contribution is 2.30. The van der Waals surface area contributed by atoms with Crippen LogP contribution < -0.4 is 21.1 Å². The summed E-state index contributed by atoms with van der Waals surface area (Å²) in [5.41, 5.74) is 10.4. The van der Waals surface area contributed by atoms with E-state index in [-0.39, 0.29) is 32.5 Å². The van der Waals surface area contributed by atoms with Crippen LogP contribution in [0.25, 0.3) is 21.9 Å². The smallest absolute Gasteiger partial charge is 0.313 e. The number of hydrogen-bond acceptors (Lipinski definition) is 17. The van der Waals surface area contributed by atoms with E-state index in [1.807, 2.05) is 30.3 Å². The normalized spacial score (nSPS) is 11.7. The fraction of sp³-hybridized carbons (Fsp3) is 0.545. The summed E-state index contributed by atoms with van der Waals surface area (Å²) in [6, 6.07) is 17.5. The molecule has 0 unspecified atom stereocenters. The molecule has 0 radical (unpaired) electrons. The molecule has 0 atom stereocenters. The Morgan fingerprint density at radius 1 is 0.658 bits per heavy atom. The summed E-state index contributed by atoms with van der Waals surface area (Å²) in [6.45, 7) is 11.0.